The molecule has 0 saturated carbocycles. The number of furan rings is 1. The fraction of sp³-hybridized carbons (Fsp3) is 0.667. The summed E-state index contributed by atoms with van der Waals surface area (Å²) in [4.78, 5) is 13.9. The molecule has 2 heterocycles. The van der Waals surface area contributed by atoms with Crippen LogP contribution in [0.2, 0.25) is 0 Å². The lowest BCUT2D eigenvalue weighted by Gasteiger charge is -2.31. The lowest BCUT2D eigenvalue weighted by atomic mass is 10.3. The fourth-order valence-corrected chi connectivity index (χ4v) is 3.36. The Morgan fingerprint density at radius 1 is 1.46 bits per heavy atom. The molecule has 0 radical (unpaired) electrons. The summed E-state index contributed by atoms with van der Waals surface area (Å²) < 4.78 is 35.6. The Hall–Kier alpha value is -1.58. The maximum Gasteiger partial charge on any atom is 0.317 e. The Morgan fingerprint density at radius 2 is 2.21 bits per heavy atom. The predicted molar refractivity (Wildman–Crippen MR) is 89.1 cm³/mol. The number of hydrogen-bond acceptors (Lipinski definition) is 5. The van der Waals surface area contributed by atoms with Gasteiger partial charge in [0.2, 0.25) is 10.0 Å². The number of carbonyl (C=O) groups is 1. The van der Waals surface area contributed by atoms with Gasteiger partial charge in [0.05, 0.1) is 25.5 Å². The molecule has 1 aromatic rings. The highest BCUT2D eigenvalue weighted by Crippen LogP contribution is 2.11. The molecule has 136 valence electrons. The van der Waals surface area contributed by atoms with Gasteiger partial charge in [-0.05, 0) is 26.0 Å². The van der Waals surface area contributed by atoms with Crippen molar-refractivity contribution >= 4 is 16.1 Å². The molecule has 0 bridgehead atoms. The minimum Gasteiger partial charge on any atom is -0.464 e. The van der Waals surface area contributed by atoms with E-state index in [0.717, 1.165) is 11.5 Å². The van der Waals surface area contributed by atoms with E-state index in [1.807, 2.05) is 26.0 Å². The zero-order chi connectivity index (χ0) is 17.7. The number of nitrogens with zero attached hydrogens (tertiary/aromatic N) is 2. The predicted octanol–water partition coefficient (Wildman–Crippen LogP) is 0.780. The van der Waals surface area contributed by atoms with Crippen molar-refractivity contribution in [1.82, 2.24) is 14.5 Å². The summed E-state index contributed by atoms with van der Waals surface area (Å²) in [5.41, 5.74) is 0. The largest absolute Gasteiger partial charge is 0.464 e. The summed E-state index contributed by atoms with van der Waals surface area (Å²) in [6.07, 6.45) is 0.833. The molecule has 1 saturated heterocycles. The van der Waals surface area contributed by atoms with Gasteiger partial charge in [-0.15, -0.1) is 0 Å². The first-order chi connectivity index (χ1) is 11.3. The maximum absolute atomic E-state index is 12.3. The highest BCUT2D eigenvalue weighted by molar-refractivity contribution is 7.88. The molecule has 2 amide bonds. The minimum atomic E-state index is -3.24. The van der Waals surface area contributed by atoms with Gasteiger partial charge in [-0.1, -0.05) is 0 Å². The molecule has 0 aromatic carbocycles. The quantitative estimate of drug-likeness (QED) is 0.810. The molecule has 24 heavy (non-hydrogen) atoms. The van der Waals surface area contributed by atoms with E-state index in [4.69, 9.17) is 9.15 Å². The third-order valence-electron chi connectivity index (χ3n) is 3.86. The number of hydrogen-bond donors (Lipinski definition) is 1. The molecule has 1 atom stereocenters. The molecule has 9 heteroatoms. The molecule has 1 aromatic heterocycles. The SMILES string of the molecule is CCN(Cc1ccc(C)o1)C(=O)NCC1CN(S(C)(=O)=O)CCO1. The Labute approximate surface area is 142 Å². The van der Waals surface area contributed by atoms with Crippen LogP contribution in [0.5, 0.6) is 0 Å². The zero-order valence-electron chi connectivity index (χ0n) is 14.3. The first kappa shape index (κ1) is 18.8. The summed E-state index contributed by atoms with van der Waals surface area (Å²) in [5, 5.41) is 2.80. The lowest BCUT2D eigenvalue weighted by Crippen LogP contribution is -2.50. The van der Waals surface area contributed by atoms with E-state index in [0.29, 0.717) is 26.2 Å². The van der Waals surface area contributed by atoms with Crippen LogP contribution in [0.1, 0.15) is 18.4 Å². The third-order valence-corrected chi connectivity index (χ3v) is 5.13. The Morgan fingerprint density at radius 3 is 2.79 bits per heavy atom. The number of rotatable bonds is 6. The van der Waals surface area contributed by atoms with E-state index in [2.05, 4.69) is 5.32 Å². The van der Waals surface area contributed by atoms with Crippen molar-refractivity contribution in [3.8, 4) is 0 Å². The normalized spacial score (nSPS) is 19.2. The maximum atomic E-state index is 12.3. The van der Waals surface area contributed by atoms with Crippen molar-refractivity contribution in [3.05, 3.63) is 23.7 Å². The van der Waals surface area contributed by atoms with E-state index >= 15 is 0 Å². The highest BCUT2D eigenvalue weighted by Gasteiger charge is 2.27. The average Bonchev–Trinajstić information content (AvgIpc) is 2.95. The number of amides is 2. The minimum absolute atomic E-state index is 0.230. The second-order valence-electron chi connectivity index (χ2n) is 5.83. The molecule has 1 unspecified atom stereocenters. The van der Waals surface area contributed by atoms with Gasteiger partial charge in [0, 0.05) is 26.2 Å². The lowest BCUT2D eigenvalue weighted by molar-refractivity contribution is 0.000859. The summed E-state index contributed by atoms with van der Waals surface area (Å²) in [6.45, 7) is 5.86. The van der Waals surface area contributed by atoms with Crippen LogP contribution in [0.15, 0.2) is 16.5 Å². The summed E-state index contributed by atoms with van der Waals surface area (Å²) >= 11 is 0. The van der Waals surface area contributed by atoms with E-state index in [1.54, 1.807) is 4.90 Å². The van der Waals surface area contributed by atoms with E-state index in [9.17, 15) is 13.2 Å². The van der Waals surface area contributed by atoms with Gasteiger partial charge in [0.25, 0.3) is 0 Å². The van der Waals surface area contributed by atoms with Crippen LogP contribution in [0.3, 0.4) is 0 Å². The summed E-state index contributed by atoms with van der Waals surface area (Å²) in [6, 6.07) is 3.47. The number of carbonyl (C=O) groups excluding carboxylic acids is 1. The molecular formula is C15H25N3O5S. The standard InChI is InChI=1S/C15H25N3O5S/c1-4-17(10-13-6-5-12(2)23-13)15(19)16-9-14-11-18(7-8-22-14)24(3,20)21/h5-6,14H,4,7-11H2,1-3H3,(H,16,19). The van der Waals surface area contributed by atoms with Crippen LogP contribution < -0.4 is 5.32 Å². The molecule has 0 aliphatic carbocycles. The molecule has 0 spiro atoms. The van der Waals surface area contributed by atoms with Crippen LogP contribution in [0.4, 0.5) is 4.79 Å². The highest BCUT2D eigenvalue weighted by atomic mass is 32.2. The second kappa shape index (κ2) is 8.00. The van der Waals surface area contributed by atoms with Crippen molar-refractivity contribution in [2.24, 2.45) is 0 Å². The van der Waals surface area contributed by atoms with Crippen LogP contribution >= 0.6 is 0 Å². The molecular weight excluding hydrogens is 334 g/mol. The van der Waals surface area contributed by atoms with Gasteiger partial charge in [0.15, 0.2) is 0 Å². The van der Waals surface area contributed by atoms with E-state index < -0.39 is 10.0 Å². The van der Waals surface area contributed by atoms with Crippen molar-refractivity contribution in [1.29, 1.82) is 0 Å². The zero-order valence-corrected chi connectivity index (χ0v) is 15.1. The second-order valence-corrected chi connectivity index (χ2v) is 7.81. The monoisotopic (exact) mass is 359 g/mol. The Bertz CT molecular complexity index is 658. The van der Waals surface area contributed by atoms with Crippen molar-refractivity contribution in [3.63, 3.8) is 0 Å². The van der Waals surface area contributed by atoms with Crippen molar-refractivity contribution in [2.75, 3.05) is 39.0 Å². The number of ether oxygens (including phenoxy) is 1. The third kappa shape index (κ3) is 5.22. The summed E-state index contributed by atoms with van der Waals surface area (Å²) in [5.74, 6) is 1.53. The first-order valence-electron chi connectivity index (χ1n) is 7.94. The van der Waals surface area contributed by atoms with Gasteiger partial charge in [0.1, 0.15) is 11.5 Å². The van der Waals surface area contributed by atoms with Crippen LogP contribution in [0, 0.1) is 6.92 Å². The van der Waals surface area contributed by atoms with Gasteiger partial charge < -0.3 is 19.4 Å². The van der Waals surface area contributed by atoms with Crippen LogP contribution in [-0.2, 0) is 21.3 Å². The number of morpholine rings is 1. The van der Waals surface area contributed by atoms with Gasteiger partial charge in [-0.25, -0.2) is 13.2 Å². The average molecular weight is 359 g/mol. The number of nitrogens with one attached hydrogen (secondary N) is 1. The van der Waals surface area contributed by atoms with Gasteiger partial charge >= 0.3 is 6.03 Å². The van der Waals surface area contributed by atoms with Gasteiger partial charge in [-0.2, -0.15) is 4.31 Å². The number of aryl methyl sites for hydroxylation is 1. The number of urea groups is 1. The molecule has 1 aliphatic heterocycles. The molecule has 1 N–H and O–H groups in total. The topological polar surface area (TPSA) is 92.1 Å². The van der Waals surface area contributed by atoms with Crippen LogP contribution in [0.25, 0.3) is 0 Å². The van der Waals surface area contributed by atoms with E-state index in [1.165, 1.54) is 10.6 Å². The molecule has 1 aliphatic rings. The van der Waals surface area contributed by atoms with Gasteiger partial charge in [-0.3, -0.25) is 0 Å². The molecule has 1 fully saturated rings. The molecule has 8 nitrogen and oxygen atoms in total. The van der Waals surface area contributed by atoms with E-state index in [-0.39, 0.29) is 25.2 Å². The molecule has 2 rings (SSSR count). The Balaban J connectivity index is 1.84. The van der Waals surface area contributed by atoms with Crippen molar-refractivity contribution in [2.45, 2.75) is 26.5 Å². The first-order valence-corrected chi connectivity index (χ1v) is 9.79. The van der Waals surface area contributed by atoms with Crippen molar-refractivity contribution < 1.29 is 22.4 Å². The smallest absolute Gasteiger partial charge is 0.317 e. The van der Waals surface area contributed by atoms with Crippen LogP contribution in [-0.4, -0.2) is 68.8 Å². The Kier molecular flexibility index (Phi) is 6.25. The fourth-order valence-electron chi connectivity index (χ4n) is 2.52. The number of sulfonamides is 1. The summed E-state index contributed by atoms with van der Waals surface area (Å²) in [7, 11) is -3.24.